The van der Waals surface area contributed by atoms with Crippen LogP contribution in [0.25, 0.3) is 5.69 Å². The van der Waals surface area contributed by atoms with Crippen LogP contribution in [0.5, 0.6) is 11.8 Å². The molecule has 0 aliphatic rings. The molecule has 0 fully saturated rings. The molecule has 0 spiro atoms. The van der Waals surface area contributed by atoms with Gasteiger partial charge in [0.05, 0.1) is 24.3 Å². The molecule has 7 nitrogen and oxygen atoms in total. The van der Waals surface area contributed by atoms with E-state index >= 15 is 0 Å². The molecule has 0 unspecified atom stereocenters. The zero-order valence-electron chi connectivity index (χ0n) is 11.3. The summed E-state index contributed by atoms with van der Waals surface area (Å²) in [7, 11) is 0. The fourth-order valence-electron chi connectivity index (χ4n) is 1.83. The van der Waals surface area contributed by atoms with Gasteiger partial charge in [0.25, 0.3) is 0 Å². The number of hydrogen-bond donors (Lipinski definition) is 1. The summed E-state index contributed by atoms with van der Waals surface area (Å²) in [5.74, 6) is -0.00662. The van der Waals surface area contributed by atoms with E-state index in [0.717, 1.165) is 11.3 Å². The van der Waals surface area contributed by atoms with Gasteiger partial charge in [-0.2, -0.15) is 9.97 Å². The second-order valence-corrected chi connectivity index (χ2v) is 4.45. The lowest BCUT2D eigenvalue weighted by molar-refractivity contribution is 0.274. The van der Waals surface area contributed by atoms with Crippen molar-refractivity contribution >= 4 is 0 Å². The van der Waals surface area contributed by atoms with Crippen LogP contribution in [-0.2, 0) is 6.61 Å². The van der Waals surface area contributed by atoms with Crippen LogP contribution in [0, 0.1) is 6.92 Å². The van der Waals surface area contributed by atoms with Crippen LogP contribution < -0.4 is 4.74 Å². The number of aromatic hydroxyl groups is 1. The van der Waals surface area contributed by atoms with Crippen LogP contribution in [0.2, 0.25) is 0 Å². The second kappa shape index (κ2) is 5.58. The van der Waals surface area contributed by atoms with Crippen molar-refractivity contribution in [1.29, 1.82) is 0 Å². The molecule has 3 rings (SSSR count). The number of benzene rings is 1. The molecule has 0 radical (unpaired) electrons. The van der Waals surface area contributed by atoms with E-state index in [1.807, 2.05) is 31.2 Å². The van der Waals surface area contributed by atoms with Crippen molar-refractivity contribution in [3.63, 3.8) is 0 Å². The molecule has 0 aliphatic heterocycles. The molecule has 2 heterocycles. The average Bonchev–Trinajstić information content (AvgIpc) is 2.96. The Hall–Kier alpha value is -2.96. The summed E-state index contributed by atoms with van der Waals surface area (Å²) in [5, 5.41) is 17.2. The highest BCUT2D eigenvalue weighted by atomic mass is 16.5. The van der Waals surface area contributed by atoms with Crippen LogP contribution in [0.15, 0.2) is 42.9 Å². The molecule has 7 heteroatoms. The molecule has 0 amide bonds. The van der Waals surface area contributed by atoms with Crippen molar-refractivity contribution in [1.82, 2.24) is 25.0 Å². The summed E-state index contributed by atoms with van der Waals surface area (Å²) in [4.78, 5) is 7.67. The molecule has 106 valence electrons. The van der Waals surface area contributed by atoms with Gasteiger partial charge in [0.15, 0.2) is 5.75 Å². The predicted molar refractivity (Wildman–Crippen MR) is 74.1 cm³/mol. The van der Waals surface area contributed by atoms with Gasteiger partial charge >= 0.3 is 6.01 Å². The third-order valence-electron chi connectivity index (χ3n) is 2.87. The number of ether oxygens (including phenoxy) is 1. The third-order valence-corrected chi connectivity index (χ3v) is 2.87. The van der Waals surface area contributed by atoms with Crippen molar-refractivity contribution < 1.29 is 9.84 Å². The number of rotatable bonds is 4. The van der Waals surface area contributed by atoms with Gasteiger partial charge in [0, 0.05) is 0 Å². The molecule has 0 saturated heterocycles. The van der Waals surface area contributed by atoms with Gasteiger partial charge < -0.3 is 9.84 Å². The number of para-hydroxylation sites is 1. The third kappa shape index (κ3) is 2.97. The van der Waals surface area contributed by atoms with Crippen molar-refractivity contribution in [2.45, 2.75) is 13.5 Å². The predicted octanol–water partition coefficient (Wildman–Crippen LogP) is 1.65. The summed E-state index contributed by atoms with van der Waals surface area (Å²) in [6.45, 7) is 2.22. The summed E-state index contributed by atoms with van der Waals surface area (Å²) >= 11 is 0. The first kappa shape index (κ1) is 13.0. The van der Waals surface area contributed by atoms with E-state index in [2.05, 4.69) is 20.3 Å². The largest absolute Gasteiger partial charge is 0.505 e. The Bertz CT molecular complexity index is 739. The van der Waals surface area contributed by atoms with Crippen LogP contribution in [0.1, 0.15) is 11.3 Å². The summed E-state index contributed by atoms with van der Waals surface area (Å²) < 4.78 is 7.08. The van der Waals surface area contributed by atoms with Gasteiger partial charge in [-0.05, 0) is 18.6 Å². The van der Waals surface area contributed by atoms with Gasteiger partial charge in [-0.1, -0.05) is 23.4 Å². The van der Waals surface area contributed by atoms with Crippen LogP contribution in [0.4, 0.5) is 0 Å². The lowest BCUT2D eigenvalue weighted by Gasteiger charge is -2.03. The summed E-state index contributed by atoms with van der Waals surface area (Å²) in [6, 6.07) is 8.08. The van der Waals surface area contributed by atoms with Gasteiger partial charge in [-0.15, -0.1) is 5.10 Å². The Labute approximate surface area is 120 Å². The first-order valence-corrected chi connectivity index (χ1v) is 6.33. The topological polar surface area (TPSA) is 86.0 Å². The minimum absolute atomic E-state index is 0.00662. The molecule has 2 aromatic heterocycles. The molecule has 3 aromatic rings. The maximum atomic E-state index is 9.09. The lowest BCUT2D eigenvalue weighted by atomic mass is 10.2. The Morgan fingerprint density at radius 2 is 1.95 bits per heavy atom. The van der Waals surface area contributed by atoms with Crippen molar-refractivity contribution in [2.24, 2.45) is 0 Å². The number of nitrogens with zero attached hydrogens (tertiary/aromatic N) is 5. The van der Waals surface area contributed by atoms with Gasteiger partial charge in [0.1, 0.15) is 12.3 Å². The van der Waals surface area contributed by atoms with E-state index in [9.17, 15) is 0 Å². The molecule has 21 heavy (non-hydrogen) atoms. The monoisotopic (exact) mass is 283 g/mol. The van der Waals surface area contributed by atoms with E-state index in [-0.39, 0.29) is 18.4 Å². The highest BCUT2D eigenvalue weighted by molar-refractivity contribution is 5.38. The van der Waals surface area contributed by atoms with E-state index in [1.165, 1.54) is 12.4 Å². The SMILES string of the molecule is Cc1ccccc1-n1cc(COc2ncc(O)cn2)nn1. The lowest BCUT2D eigenvalue weighted by Crippen LogP contribution is -1.99. The molecular weight excluding hydrogens is 270 g/mol. The standard InChI is InChI=1S/C14H13N5O2/c1-10-4-2-3-5-13(10)19-8-11(17-18-19)9-21-14-15-6-12(20)7-16-14/h2-8,20H,9H2,1H3. The second-order valence-electron chi connectivity index (χ2n) is 4.45. The Kier molecular flexibility index (Phi) is 3.46. The van der Waals surface area contributed by atoms with Gasteiger partial charge in [-0.3, -0.25) is 0 Å². The minimum Gasteiger partial charge on any atom is -0.505 e. The highest BCUT2D eigenvalue weighted by Crippen LogP contribution is 2.13. The fraction of sp³-hybridized carbons (Fsp3) is 0.143. The van der Waals surface area contributed by atoms with Crippen molar-refractivity contribution in [3.8, 4) is 17.4 Å². The van der Waals surface area contributed by atoms with Gasteiger partial charge in [0.2, 0.25) is 0 Å². The molecule has 0 saturated carbocycles. The van der Waals surface area contributed by atoms with Crippen LogP contribution in [0.3, 0.4) is 0 Å². The molecule has 1 N–H and O–H groups in total. The van der Waals surface area contributed by atoms with E-state index < -0.39 is 0 Å². The van der Waals surface area contributed by atoms with Gasteiger partial charge in [-0.25, -0.2) is 4.68 Å². The molecule has 0 aliphatic carbocycles. The van der Waals surface area contributed by atoms with Crippen molar-refractivity contribution in [2.75, 3.05) is 0 Å². The zero-order valence-corrected chi connectivity index (χ0v) is 11.3. The summed E-state index contributed by atoms with van der Waals surface area (Å²) in [6.07, 6.45) is 4.34. The average molecular weight is 283 g/mol. The number of hydrogen-bond acceptors (Lipinski definition) is 6. The first-order valence-electron chi connectivity index (χ1n) is 6.33. The van der Waals surface area contributed by atoms with E-state index in [0.29, 0.717) is 5.69 Å². The Morgan fingerprint density at radius 1 is 1.19 bits per heavy atom. The van der Waals surface area contributed by atoms with E-state index in [4.69, 9.17) is 9.84 Å². The Morgan fingerprint density at radius 3 is 2.71 bits per heavy atom. The first-order chi connectivity index (χ1) is 10.2. The maximum absolute atomic E-state index is 9.09. The smallest absolute Gasteiger partial charge is 0.316 e. The van der Waals surface area contributed by atoms with Crippen molar-refractivity contribution in [3.05, 3.63) is 54.1 Å². The van der Waals surface area contributed by atoms with Crippen LogP contribution in [-0.4, -0.2) is 30.1 Å². The zero-order chi connectivity index (χ0) is 14.7. The van der Waals surface area contributed by atoms with E-state index in [1.54, 1.807) is 10.9 Å². The Balaban J connectivity index is 1.71. The molecular formula is C14H13N5O2. The van der Waals surface area contributed by atoms with Crippen LogP contribution >= 0.6 is 0 Å². The quantitative estimate of drug-likeness (QED) is 0.783. The molecule has 0 bridgehead atoms. The molecule has 1 aromatic carbocycles. The maximum Gasteiger partial charge on any atom is 0.316 e. The normalized spacial score (nSPS) is 10.5. The number of aromatic nitrogens is 5. The number of aryl methyl sites for hydroxylation is 1. The highest BCUT2D eigenvalue weighted by Gasteiger charge is 2.06. The minimum atomic E-state index is -0.00662. The molecule has 0 atom stereocenters. The summed E-state index contributed by atoms with van der Waals surface area (Å²) in [5.41, 5.74) is 2.74. The fourth-order valence-corrected chi connectivity index (χ4v) is 1.83.